The monoisotopic (exact) mass is 460 g/mol. The van der Waals surface area contributed by atoms with Crippen LogP contribution in [0.2, 0.25) is 10.0 Å². The predicted octanol–water partition coefficient (Wildman–Crippen LogP) is 4.23. The molecule has 0 aromatic heterocycles. The lowest BCUT2D eigenvalue weighted by Crippen LogP contribution is -2.32. The fraction of sp³-hybridized carbons (Fsp3) is 0.316. The zero-order chi connectivity index (χ0) is 20.7. The molecule has 5 nitrogen and oxygen atoms in total. The van der Waals surface area contributed by atoms with Crippen molar-refractivity contribution in [1.82, 2.24) is 10.0 Å². The number of hydrogen-bond donors (Lipinski definition) is 2. The predicted molar refractivity (Wildman–Crippen MR) is 116 cm³/mol. The van der Waals surface area contributed by atoms with Crippen molar-refractivity contribution in [3.8, 4) is 0 Å². The van der Waals surface area contributed by atoms with E-state index in [0.717, 1.165) is 10.5 Å². The van der Waals surface area contributed by atoms with Gasteiger partial charge in [0.2, 0.25) is 15.9 Å². The number of rotatable bonds is 9. The summed E-state index contributed by atoms with van der Waals surface area (Å²) >= 11 is 13.3. The Hall–Kier alpha value is -1.25. The molecule has 0 saturated heterocycles. The van der Waals surface area contributed by atoms with Gasteiger partial charge in [0.05, 0.1) is 16.5 Å². The van der Waals surface area contributed by atoms with Gasteiger partial charge in [0.1, 0.15) is 0 Å². The Kier molecular flexibility index (Phi) is 8.64. The standard InChI is InChI=1S/C19H22Cl2N2O3S2/c1-13(2)23-28(25,26)12-15-6-4-3-5-14(15)10-22-19(24)11-27-18-9-16(20)7-8-17(18)21/h3-9,13,23H,10-12H2,1-2H3,(H,22,24). The maximum atomic E-state index is 12.2. The molecule has 2 rings (SSSR count). The molecular formula is C19H22Cl2N2O3S2. The SMILES string of the molecule is CC(C)NS(=O)(=O)Cc1ccccc1CNC(=O)CSc1cc(Cl)ccc1Cl. The highest BCUT2D eigenvalue weighted by atomic mass is 35.5. The second kappa shape index (κ2) is 10.5. The van der Waals surface area contributed by atoms with Crippen LogP contribution in [0, 0.1) is 0 Å². The van der Waals surface area contributed by atoms with Gasteiger partial charge < -0.3 is 5.32 Å². The van der Waals surface area contributed by atoms with E-state index in [1.807, 2.05) is 12.1 Å². The Morgan fingerprint density at radius 1 is 1.11 bits per heavy atom. The third-order valence-corrected chi connectivity index (χ3v) is 6.86. The van der Waals surface area contributed by atoms with Crippen molar-refractivity contribution in [2.75, 3.05) is 5.75 Å². The van der Waals surface area contributed by atoms with Crippen LogP contribution >= 0.6 is 35.0 Å². The molecular weight excluding hydrogens is 439 g/mol. The Morgan fingerprint density at radius 3 is 2.46 bits per heavy atom. The van der Waals surface area contributed by atoms with Crippen LogP contribution in [0.3, 0.4) is 0 Å². The molecule has 28 heavy (non-hydrogen) atoms. The first-order chi connectivity index (χ1) is 13.2. The average Bonchev–Trinajstić information content (AvgIpc) is 2.60. The summed E-state index contributed by atoms with van der Waals surface area (Å²) in [6.45, 7) is 3.79. The highest BCUT2D eigenvalue weighted by Gasteiger charge is 2.15. The molecule has 0 saturated carbocycles. The highest BCUT2D eigenvalue weighted by molar-refractivity contribution is 8.00. The normalized spacial score (nSPS) is 11.6. The summed E-state index contributed by atoms with van der Waals surface area (Å²) in [6, 6.07) is 12.1. The van der Waals surface area contributed by atoms with E-state index in [1.54, 1.807) is 44.2 Å². The van der Waals surface area contributed by atoms with E-state index >= 15 is 0 Å². The minimum Gasteiger partial charge on any atom is -0.351 e. The number of sulfonamides is 1. The van der Waals surface area contributed by atoms with Crippen LogP contribution in [0.5, 0.6) is 0 Å². The maximum absolute atomic E-state index is 12.2. The maximum Gasteiger partial charge on any atom is 0.230 e. The molecule has 0 unspecified atom stereocenters. The number of carbonyl (C=O) groups excluding carboxylic acids is 1. The molecule has 9 heteroatoms. The second-order valence-corrected chi connectivity index (χ2v) is 10.1. The van der Waals surface area contributed by atoms with Gasteiger partial charge >= 0.3 is 0 Å². The van der Waals surface area contributed by atoms with Crippen LogP contribution in [0.1, 0.15) is 25.0 Å². The zero-order valence-electron chi connectivity index (χ0n) is 15.5. The summed E-state index contributed by atoms with van der Waals surface area (Å²) in [6.07, 6.45) is 0. The van der Waals surface area contributed by atoms with E-state index in [0.29, 0.717) is 15.6 Å². The van der Waals surface area contributed by atoms with Crippen LogP contribution in [0.4, 0.5) is 0 Å². The van der Waals surface area contributed by atoms with Crippen LogP contribution in [-0.4, -0.2) is 26.1 Å². The Morgan fingerprint density at radius 2 is 1.79 bits per heavy atom. The molecule has 0 aliphatic carbocycles. The van der Waals surface area contributed by atoms with Gasteiger partial charge in [-0.05, 0) is 43.2 Å². The van der Waals surface area contributed by atoms with Crippen molar-refractivity contribution in [2.45, 2.75) is 37.1 Å². The van der Waals surface area contributed by atoms with Crippen molar-refractivity contribution in [2.24, 2.45) is 0 Å². The van der Waals surface area contributed by atoms with Gasteiger partial charge in [-0.15, -0.1) is 11.8 Å². The molecule has 0 aliphatic heterocycles. The molecule has 152 valence electrons. The molecule has 0 heterocycles. The van der Waals surface area contributed by atoms with E-state index in [1.165, 1.54) is 11.8 Å². The van der Waals surface area contributed by atoms with Gasteiger partial charge in [-0.2, -0.15) is 0 Å². The minimum atomic E-state index is -3.44. The molecule has 2 N–H and O–H groups in total. The molecule has 0 atom stereocenters. The molecule has 0 radical (unpaired) electrons. The van der Waals surface area contributed by atoms with Crippen molar-refractivity contribution in [3.63, 3.8) is 0 Å². The minimum absolute atomic E-state index is 0.135. The van der Waals surface area contributed by atoms with Crippen LogP contribution in [0.15, 0.2) is 47.4 Å². The largest absolute Gasteiger partial charge is 0.351 e. The lowest BCUT2D eigenvalue weighted by molar-refractivity contribution is -0.118. The van der Waals surface area contributed by atoms with E-state index in [2.05, 4.69) is 10.0 Å². The number of nitrogens with one attached hydrogen (secondary N) is 2. The van der Waals surface area contributed by atoms with Crippen LogP contribution in [0.25, 0.3) is 0 Å². The van der Waals surface area contributed by atoms with E-state index in [9.17, 15) is 13.2 Å². The summed E-state index contributed by atoms with van der Waals surface area (Å²) in [5.74, 6) is -0.140. The summed E-state index contributed by atoms with van der Waals surface area (Å²) in [5.41, 5.74) is 1.41. The topological polar surface area (TPSA) is 75.3 Å². The molecule has 2 aromatic carbocycles. The van der Waals surface area contributed by atoms with Gasteiger partial charge in [0.15, 0.2) is 0 Å². The third kappa shape index (κ3) is 7.64. The molecule has 0 aliphatic rings. The van der Waals surface area contributed by atoms with E-state index in [4.69, 9.17) is 23.2 Å². The number of halogens is 2. The second-order valence-electron chi connectivity index (χ2n) is 6.44. The average molecular weight is 461 g/mol. The first kappa shape index (κ1) is 23.0. The van der Waals surface area contributed by atoms with Gasteiger partial charge in [-0.3, -0.25) is 4.79 Å². The van der Waals surface area contributed by atoms with E-state index in [-0.39, 0.29) is 30.0 Å². The summed E-state index contributed by atoms with van der Waals surface area (Å²) in [4.78, 5) is 12.9. The van der Waals surface area contributed by atoms with Crippen molar-refractivity contribution in [1.29, 1.82) is 0 Å². The molecule has 0 bridgehead atoms. The fourth-order valence-corrected chi connectivity index (χ4v) is 5.27. The molecule has 1 amide bonds. The van der Waals surface area contributed by atoms with E-state index < -0.39 is 10.0 Å². The van der Waals surface area contributed by atoms with Crippen LogP contribution in [-0.2, 0) is 27.1 Å². The lowest BCUT2D eigenvalue weighted by atomic mass is 10.1. The molecule has 0 spiro atoms. The fourth-order valence-electron chi connectivity index (χ4n) is 2.45. The Labute approximate surface area is 180 Å². The first-order valence-corrected chi connectivity index (χ1v) is 12.0. The molecule has 0 fully saturated rings. The number of thioether (sulfide) groups is 1. The Bertz CT molecular complexity index is 935. The zero-order valence-corrected chi connectivity index (χ0v) is 18.7. The molecule has 2 aromatic rings. The van der Waals surface area contributed by atoms with Crippen molar-refractivity contribution < 1.29 is 13.2 Å². The lowest BCUT2D eigenvalue weighted by Gasteiger charge is -2.13. The summed E-state index contributed by atoms with van der Waals surface area (Å²) < 4.78 is 27.0. The van der Waals surface area contributed by atoms with Gasteiger partial charge in [0, 0.05) is 22.5 Å². The van der Waals surface area contributed by atoms with Gasteiger partial charge in [0.25, 0.3) is 0 Å². The van der Waals surface area contributed by atoms with Crippen LogP contribution < -0.4 is 10.0 Å². The number of hydrogen-bond acceptors (Lipinski definition) is 4. The quantitative estimate of drug-likeness (QED) is 0.548. The Balaban J connectivity index is 1.95. The number of carbonyl (C=O) groups is 1. The van der Waals surface area contributed by atoms with Crippen molar-refractivity contribution >= 4 is 50.9 Å². The first-order valence-electron chi connectivity index (χ1n) is 8.57. The van der Waals surface area contributed by atoms with Crippen molar-refractivity contribution in [3.05, 3.63) is 63.6 Å². The van der Waals surface area contributed by atoms with Gasteiger partial charge in [-0.25, -0.2) is 13.1 Å². The number of benzene rings is 2. The summed E-state index contributed by atoms with van der Waals surface area (Å²) in [7, 11) is -3.44. The highest BCUT2D eigenvalue weighted by Crippen LogP contribution is 2.29. The number of amides is 1. The third-order valence-electron chi connectivity index (χ3n) is 3.61. The summed E-state index contributed by atoms with van der Waals surface area (Å²) in [5, 5.41) is 3.91. The smallest absolute Gasteiger partial charge is 0.230 e. The van der Waals surface area contributed by atoms with Gasteiger partial charge in [-0.1, -0.05) is 47.5 Å².